The van der Waals surface area contributed by atoms with Crippen molar-refractivity contribution in [3.8, 4) is 16.9 Å². The third kappa shape index (κ3) is 5.31. The number of nitrogens with one attached hydrogen (secondary N) is 1. The van der Waals surface area contributed by atoms with E-state index in [4.69, 9.17) is 4.74 Å². The first-order chi connectivity index (χ1) is 20.4. The molecule has 0 radical (unpaired) electrons. The van der Waals surface area contributed by atoms with Gasteiger partial charge in [-0.05, 0) is 78.4 Å². The van der Waals surface area contributed by atoms with E-state index in [-0.39, 0.29) is 11.6 Å². The lowest BCUT2D eigenvalue weighted by Crippen LogP contribution is -2.33. The van der Waals surface area contributed by atoms with Crippen LogP contribution < -0.4 is 15.0 Å². The van der Waals surface area contributed by atoms with E-state index < -0.39 is 5.97 Å². The molecule has 0 atom stereocenters. The Morgan fingerprint density at radius 3 is 2.64 bits per heavy atom. The average Bonchev–Trinajstić information content (AvgIpc) is 3.42. The number of pyridine rings is 1. The third-order valence-corrected chi connectivity index (χ3v) is 8.43. The number of para-hydroxylation sites is 1. The summed E-state index contributed by atoms with van der Waals surface area (Å²) in [5.74, 6) is -0.0272. The molecule has 9 heteroatoms. The Hall–Kier alpha value is -4.76. The molecule has 212 valence electrons. The number of aromatic nitrogens is 2. The SMILES string of the molecule is CCCOc1cccc(-c2ccc(N3CCc4cccc(C(=O)Nc5nc6ccccc6s5)c4C3)nc2C(=O)O)c1C. The maximum Gasteiger partial charge on any atom is 0.355 e. The molecule has 0 spiro atoms. The van der Waals surface area contributed by atoms with Crippen LogP contribution in [0.15, 0.2) is 72.8 Å². The van der Waals surface area contributed by atoms with Crippen molar-refractivity contribution in [1.29, 1.82) is 0 Å². The maximum atomic E-state index is 13.4. The summed E-state index contributed by atoms with van der Waals surface area (Å²) in [4.78, 5) is 37.0. The van der Waals surface area contributed by atoms with Crippen LogP contribution in [-0.4, -0.2) is 40.1 Å². The second-order valence-corrected chi connectivity index (χ2v) is 11.2. The number of nitrogens with zero attached hydrogens (tertiary/aromatic N) is 3. The van der Waals surface area contributed by atoms with E-state index in [1.165, 1.54) is 11.3 Å². The fraction of sp³-hybridized carbons (Fsp3) is 0.212. The largest absolute Gasteiger partial charge is 0.493 e. The number of thiazole rings is 1. The predicted molar refractivity (Wildman–Crippen MR) is 166 cm³/mol. The number of carboxylic acids is 1. The lowest BCUT2D eigenvalue weighted by atomic mass is 9.94. The zero-order valence-electron chi connectivity index (χ0n) is 23.4. The van der Waals surface area contributed by atoms with Gasteiger partial charge in [0.1, 0.15) is 11.6 Å². The van der Waals surface area contributed by atoms with Crippen molar-refractivity contribution in [3.63, 3.8) is 0 Å². The van der Waals surface area contributed by atoms with Crippen molar-refractivity contribution < 1.29 is 19.4 Å². The van der Waals surface area contributed by atoms with Gasteiger partial charge in [0, 0.05) is 24.2 Å². The van der Waals surface area contributed by atoms with Gasteiger partial charge in [-0.15, -0.1) is 0 Å². The van der Waals surface area contributed by atoms with E-state index >= 15 is 0 Å². The van der Waals surface area contributed by atoms with Crippen LogP contribution in [-0.2, 0) is 13.0 Å². The Bertz CT molecular complexity index is 1780. The minimum atomic E-state index is -1.10. The highest BCUT2D eigenvalue weighted by Gasteiger charge is 2.25. The van der Waals surface area contributed by atoms with E-state index in [2.05, 4.69) is 15.3 Å². The Morgan fingerprint density at radius 1 is 1.00 bits per heavy atom. The zero-order chi connectivity index (χ0) is 29.2. The molecule has 0 saturated carbocycles. The first-order valence-corrected chi connectivity index (χ1v) is 14.7. The van der Waals surface area contributed by atoms with Crippen LogP contribution in [0, 0.1) is 6.92 Å². The van der Waals surface area contributed by atoms with Crippen molar-refractivity contribution in [3.05, 3.63) is 101 Å². The van der Waals surface area contributed by atoms with Gasteiger partial charge >= 0.3 is 5.97 Å². The van der Waals surface area contributed by atoms with E-state index in [9.17, 15) is 14.7 Å². The lowest BCUT2D eigenvalue weighted by molar-refractivity contribution is 0.0691. The number of fused-ring (bicyclic) bond motifs is 2. The minimum absolute atomic E-state index is 0.0177. The molecular formula is C33H30N4O4S. The molecule has 0 unspecified atom stereocenters. The summed E-state index contributed by atoms with van der Waals surface area (Å²) in [7, 11) is 0. The first-order valence-electron chi connectivity index (χ1n) is 13.9. The minimum Gasteiger partial charge on any atom is -0.493 e. The standard InChI is InChI=1S/C33H30N4O4S/c1-3-18-41-27-12-7-9-22(20(27)2)23-14-15-29(35-30(23)32(39)40)37-17-16-21-8-6-10-24(25(21)19-37)31(38)36-33-34-26-11-4-5-13-28(26)42-33/h4-15H,3,16-19H2,1-2H3,(H,39,40)(H,34,36,38). The van der Waals surface area contributed by atoms with Gasteiger partial charge in [0.05, 0.1) is 16.8 Å². The van der Waals surface area contributed by atoms with Crippen molar-refractivity contribution in [2.24, 2.45) is 0 Å². The van der Waals surface area contributed by atoms with Crippen LogP contribution in [0.4, 0.5) is 10.9 Å². The van der Waals surface area contributed by atoms with Crippen LogP contribution in [0.1, 0.15) is 50.9 Å². The van der Waals surface area contributed by atoms with Gasteiger partial charge in [0.15, 0.2) is 10.8 Å². The fourth-order valence-corrected chi connectivity index (χ4v) is 6.22. The van der Waals surface area contributed by atoms with Crippen LogP contribution in [0.3, 0.4) is 0 Å². The number of carbonyl (C=O) groups is 2. The molecule has 1 aliphatic rings. The van der Waals surface area contributed by atoms with Crippen LogP contribution in [0.2, 0.25) is 0 Å². The molecule has 2 N–H and O–H groups in total. The van der Waals surface area contributed by atoms with Crippen molar-refractivity contribution in [2.45, 2.75) is 33.2 Å². The highest BCUT2D eigenvalue weighted by molar-refractivity contribution is 7.22. The number of benzene rings is 3. The summed E-state index contributed by atoms with van der Waals surface area (Å²) in [5.41, 5.74) is 5.59. The molecule has 3 heterocycles. The maximum absolute atomic E-state index is 13.4. The molecule has 6 rings (SSSR count). The molecule has 0 saturated heterocycles. The highest BCUT2D eigenvalue weighted by Crippen LogP contribution is 2.34. The summed E-state index contributed by atoms with van der Waals surface area (Å²) < 4.78 is 6.88. The average molecular weight is 579 g/mol. The molecule has 2 aromatic heterocycles. The Morgan fingerprint density at radius 2 is 1.83 bits per heavy atom. The van der Waals surface area contributed by atoms with Gasteiger partial charge in [0.2, 0.25) is 0 Å². The van der Waals surface area contributed by atoms with Gasteiger partial charge in [-0.3, -0.25) is 10.1 Å². The quantitative estimate of drug-likeness (QED) is 0.205. The molecule has 42 heavy (non-hydrogen) atoms. The normalized spacial score (nSPS) is 12.7. The summed E-state index contributed by atoms with van der Waals surface area (Å²) in [6, 6.07) is 22.9. The number of ether oxygens (including phenoxy) is 1. The molecule has 0 fully saturated rings. The molecule has 1 amide bonds. The third-order valence-electron chi connectivity index (χ3n) is 7.48. The Kier molecular flexibility index (Phi) is 7.58. The summed E-state index contributed by atoms with van der Waals surface area (Å²) in [6.07, 6.45) is 1.59. The van der Waals surface area contributed by atoms with Crippen LogP contribution >= 0.6 is 11.3 Å². The fourth-order valence-electron chi connectivity index (χ4n) is 5.36. The number of hydrogen-bond acceptors (Lipinski definition) is 7. The van der Waals surface area contributed by atoms with E-state index in [1.807, 2.05) is 91.5 Å². The molecule has 8 nitrogen and oxygen atoms in total. The van der Waals surface area contributed by atoms with Crippen LogP contribution in [0.5, 0.6) is 5.75 Å². The molecular weight excluding hydrogens is 548 g/mol. The van der Waals surface area contributed by atoms with Gasteiger partial charge in [-0.25, -0.2) is 14.8 Å². The van der Waals surface area contributed by atoms with Crippen LogP contribution in [0.25, 0.3) is 21.3 Å². The van der Waals surface area contributed by atoms with Crippen molar-refractivity contribution in [1.82, 2.24) is 9.97 Å². The Balaban J connectivity index is 1.29. The van der Waals surface area contributed by atoms with Gasteiger partial charge in [-0.1, -0.05) is 54.7 Å². The summed E-state index contributed by atoms with van der Waals surface area (Å²) in [6.45, 7) is 5.65. The van der Waals surface area contributed by atoms with E-state index in [0.29, 0.717) is 48.2 Å². The monoisotopic (exact) mass is 578 g/mol. The number of hydrogen-bond donors (Lipinski definition) is 2. The predicted octanol–water partition coefficient (Wildman–Crippen LogP) is 6.97. The number of carbonyl (C=O) groups excluding carboxylic acids is 1. The van der Waals surface area contributed by atoms with Crippen molar-refractivity contribution in [2.75, 3.05) is 23.4 Å². The van der Waals surface area contributed by atoms with Crippen molar-refractivity contribution >= 4 is 44.4 Å². The van der Waals surface area contributed by atoms with Gasteiger partial charge in [0.25, 0.3) is 5.91 Å². The second-order valence-electron chi connectivity index (χ2n) is 10.2. The number of carboxylic acid groups (broad SMARTS) is 1. The number of aromatic carboxylic acids is 1. The highest BCUT2D eigenvalue weighted by atomic mass is 32.1. The number of rotatable bonds is 8. The number of amides is 1. The topological polar surface area (TPSA) is 105 Å². The summed E-state index contributed by atoms with van der Waals surface area (Å²) >= 11 is 1.44. The molecule has 0 bridgehead atoms. The molecule has 1 aliphatic heterocycles. The van der Waals surface area contributed by atoms with Gasteiger partial charge in [-0.2, -0.15) is 0 Å². The Labute approximate surface area is 247 Å². The zero-order valence-corrected chi connectivity index (χ0v) is 24.2. The second kappa shape index (κ2) is 11.6. The lowest BCUT2D eigenvalue weighted by Gasteiger charge is -2.31. The molecule has 5 aromatic rings. The summed E-state index contributed by atoms with van der Waals surface area (Å²) in [5, 5.41) is 13.7. The first kappa shape index (κ1) is 27.4. The smallest absolute Gasteiger partial charge is 0.355 e. The molecule has 3 aromatic carbocycles. The number of anilines is 2. The van der Waals surface area contributed by atoms with Gasteiger partial charge < -0.3 is 14.7 Å². The van der Waals surface area contributed by atoms with E-state index in [0.717, 1.165) is 44.6 Å². The van der Waals surface area contributed by atoms with E-state index in [1.54, 1.807) is 0 Å². The molecule has 0 aliphatic carbocycles.